The second kappa shape index (κ2) is 53.4. The molecule has 0 amide bonds. The monoisotopic (exact) mass is 913 g/mol. The second-order valence-corrected chi connectivity index (χ2v) is 17.0. The molecule has 0 aromatic rings. The van der Waals surface area contributed by atoms with Crippen LogP contribution in [0, 0.1) is 0 Å². The van der Waals surface area contributed by atoms with E-state index in [1.807, 2.05) is 0 Å². The Morgan fingerprint density at radius 2 is 0.621 bits per heavy atom. The summed E-state index contributed by atoms with van der Waals surface area (Å²) in [6, 6.07) is 0. The van der Waals surface area contributed by atoms with Crippen LogP contribution >= 0.6 is 0 Å². The number of hydrogen-bond acceptors (Lipinski definition) is 6. The molecule has 0 bridgehead atoms. The molecule has 372 valence electrons. The molecule has 0 aliphatic carbocycles. The molecule has 0 N–H and O–H groups in total. The molecule has 0 aromatic carbocycles. The number of ether oxygens (including phenoxy) is 3. The van der Waals surface area contributed by atoms with E-state index in [1.165, 1.54) is 38.5 Å². The fourth-order valence-electron chi connectivity index (χ4n) is 6.67. The Hall–Kier alpha value is -4.19. The minimum Gasteiger partial charge on any atom is -0.462 e. The highest BCUT2D eigenvalue weighted by Gasteiger charge is 2.19. The minimum absolute atomic E-state index is 0.103. The predicted octanol–water partition coefficient (Wildman–Crippen LogP) is 17.7. The lowest BCUT2D eigenvalue weighted by Crippen LogP contribution is -2.30. The average Bonchev–Trinajstić information content (AvgIpc) is 3.31. The van der Waals surface area contributed by atoms with Crippen LogP contribution in [0.25, 0.3) is 0 Å². The third-order valence-electron chi connectivity index (χ3n) is 10.7. The largest absolute Gasteiger partial charge is 0.462 e. The van der Waals surface area contributed by atoms with E-state index < -0.39 is 6.10 Å². The van der Waals surface area contributed by atoms with Crippen molar-refractivity contribution in [3.63, 3.8) is 0 Å². The van der Waals surface area contributed by atoms with Gasteiger partial charge in [-0.15, -0.1) is 0 Å². The maximum Gasteiger partial charge on any atom is 0.306 e. The molecule has 0 radical (unpaired) electrons. The lowest BCUT2D eigenvalue weighted by Gasteiger charge is -2.18. The molecule has 66 heavy (non-hydrogen) atoms. The highest BCUT2D eigenvalue weighted by atomic mass is 16.6. The van der Waals surface area contributed by atoms with Gasteiger partial charge in [-0.1, -0.05) is 200 Å². The Morgan fingerprint density at radius 1 is 0.318 bits per heavy atom. The zero-order chi connectivity index (χ0) is 47.9. The first-order chi connectivity index (χ1) is 32.5. The van der Waals surface area contributed by atoms with Gasteiger partial charge in [0.1, 0.15) is 13.2 Å². The van der Waals surface area contributed by atoms with Crippen LogP contribution in [0.2, 0.25) is 0 Å². The first-order valence-corrected chi connectivity index (χ1v) is 26.5. The Labute approximate surface area is 405 Å². The van der Waals surface area contributed by atoms with E-state index >= 15 is 0 Å². The molecule has 0 saturated heterocycles. The summed E-state index contributed by atoms with van der Waals surface area (Å²) in [6.07, 6.45) is 73.4. The first-order valence-electron chi connectivity index (χ1n) is 26.5. The van der Waals surface area contributed by atoms with Crippen LogP contribution in [-0.4, -0.2) is 37.2 Å². The summed E-state index contributed by atoms with van der Waals surface area (Å²) in [7, 11) is 0. The van der Waals surface area contributed by atoms with Crippen molar-refractivity contribution in [1.82, 2.24) is 0 Å². The van der Waals surface area contributed by atoms with E-state index in [2.05, 4.69) is 142 Å². The van der Waals surface area contributed by atoms with Crippen molar-refractivity contribution in [2.45, 2.75) is 226 Å². The summed E-state index contributed by atoms with van der Waals surface area (Å²) in [6.45, 7) is 6.35. The van der Waals surface area contributed by atoms with E-state index in [9.17, 15) is 14.4 Å². The van der Waals surface area contributed by atoms with Crippen LogP contribution in [0.4, 0.5) is 0 Å². The summed E-state index contributed by atoms with van der Waals surface area (Å²) in [5.74, 6) is -0.978. The van der Waals surface area contributed by atoms with E-state index in [1.54, 1.807) is 0 Å². The molecule has 6 heteroatoms. The highest BCUT2D eigenvalue weighted by Crippen LogP contribution is 2.12. The SMILES string of the molecule is CC/C=C\C/C=C\C/C=C\C/C=C\C/C=C\C/C=C\C/C=C\C/C=C\CCCCC(=O)OCC(COC(=O)CCCCCCC/C=C\CCC)OC(=O)CCCCCCC/C=C\CCCC. The van der Waals surface area contributed by atoms with Crippen molar-refractivity contribution in [2.24, 2.45) is 0 Å². The summed E-state index contributed by atoms with van der Waals surface area (Å²) >= 11 is 0. The predicted molar refractivity (Wildman–Crippen MR) is 283 cm³/mol. The Morgan fingerprint density at radius 3 is 1.03 bits per heavy atom. The normalized spacial score (nSPS) is 13.1. The van der Waals surface area contributed by atoms with Crippen LogP contribution in [0.15, 0.2) is 122 Å². The maximum absolute atomic E-state index is 12.7. The standard InChI is InChI=1S/C60H96O6/c1-4-7-10-13-16-19-22-23-24-25-26-27-28-29-30-31-32-33-34-35-36-37-39-41-44-47-50-53-59(62)65-56-57(55-64-58(61)52-49-46-43-40-21-18-15-12-9-6-3)66-60(63)54-51-48-45-42-38-20-17-14-11-8-5-2/h7,10,12,14-17,19,23-24,26-27,29-30,32-33,35-36,39,41,57H,4-6,8-9,11,13,18,20-22,25,28,31,34,37-38,40,42-56H2,1-3H3/b10-7-,15-12-,17-14-,19-16-,24-23-,27-26-,30-29-,33-32-,36-35-,41-39-. The zero-order valence-electron chi connectivity index (χ0n) is 42.4. The number of allylic oxidation sites excluding steroid dienone is 20. The van der Waals surface area contributed by atoms with Crippen molar-refractivity contribution >= 4 is 17.9 Å². The van der Waals surface area contributed by atoms with Gasteiger partial charge in [0, 0.05) is 19.3 Å². The van der Waals surface area contributed by atoms with E-state index in [4.69, 9.17) is 14.2 Å². The van der Waals surface area contributed by atoms with Gasteiger partial charge in [0.05, 0.1) is 0 Å². The summed E-state index contributed by atoms with van der Waals surface area (Å²) in [5, 5.41) is 0. The van der Waals surface area contributed by atoms with Gasteiger partial charge in [-0.2, -0.15) is 0 Å². The fourth-order valence-corrected chi connectivity index (χ4v) is 6.67. The van der Waals surface area contributed by atoms with Crippen LogP contribution in [-0.2, 0) is 28.6 Å². The lowest BCUT2D eigenvalue weighted by atomic mass is 10.1. The van der Waals surface area contributed by atoms with Crippen molar-refractivity contribution in [3.8, 4) is 0 Å². The van der Waals surface area contributed by atoms with Gasteiger partial charge in [-0.25, -0.2) is 0 Å². The van der Waals surface area contributed by atoms with Crippen molar-refractivity contribution in [1.29, 1.82) is 0 Å². The van der Waals surface area contributed by atoms with Crippen LogP contribution in [0.1, 0.15) is 220 Å². The van der Waals surface area contributed by atoms with Gasteiger partial charge in [-0.3, -0.25) is 14.4 Å². The number of carbonyl (C=O) groups excluding carboxylic acids is 3. The fraction of sp³-hybridized carbons (Fsp3) is 0.617. The van der Waals surface area contributed by atoms with Gasteiger partial charge < -0.3 is 14.2 Å². The van der Waals surface area contributed by atoms with E-state index in [-0.39, 0.29) is 31.1 Å². The molecule has 0 aromatic heterocycles. The van der Waals surface area contributed by atoms with Crippen molar-refractivity contribution in [3.05, 3.63) is 122 Å². The highest BCUT2D eigenvalue weighted by molar-refractivity contribution is 5.71. The first kappa shape index (κ1) is 61.8. The molecule has 0 fully saturated rings. The van der Waals surface area contributed by atoms with Crippen LogP contribution in [0.5, 0.6) is 0 Å². The smallest absolute Gasteiger partial charge is 0.306 e. The molecule has 1 unspecified atom stereocenters. The van der Waals surface area contributed by atoms with Gasteiger partial charge in [0.15, 0.2) is 6.10 Å². The maximum atomic E-state index is 12.7. The molecule has 1 atom stereocenters. The zero-order valence-corrected chi connectivity index (χ0v) is 42.4. The summed E-state index contributed by atoms with van der Waals surface area (Å²) < 4.78 is 16.7. The average molecular weight is 913 g/mol. The molecule has 0 aliphatic rings. The topological polar surface area (TPSA) is 78.9 Å². The Bertz CT molecular complexity index is 1420. The van der Waals surface area contributed by atoms with Gasteiger partial charge in [0.2, 0.25) is 0 Å². The number of unbranched alkanes of at least 4 members (excludes halogenated alkanes) is 15. The molecule has 0 spiro atoms. The number of esters is 3. The molecular weight excluding hydrogens is 817 g/mol. The summed E-state index contributed by atoms with van der Waals surface area (Å²) in [5.41, 5.74) is 0. The van der Waals surface area contributed by atoms with Crippen molar-refractivity contribution < 1.29 is 28.6 Å². The molecule has 0 rings (SSSR count). The molecule has 0 saturated carbocycles. The molecular formula is C60H96O6. The molecule has 6 nitrogen and oxygen atoms in total. The Kier molecular flexibility index (Phi) is 50.0. The molecule has 0 aliphatic heterocycles. The third kappa shape index (κ3) is 50.8. The number of hydrogen-bond donors (Lipinski definition) is 0. The number of rotatable bonds is 46. The van der Waals surface area contributed by atoms with Gasteiger partial charge >= 0.3 is 17.9 Å². The quantitative estimate of drug-likeness (QED) is 0.0262. The minimum atomic E-state index is -0.805. The van der Waals surface area contributed by atoms with Crippen molar-refractivity contribution in [2.75, 3.05) is 13.2 Å². The summed E-state index contributed by atoms with van der Waals surface area (Å²) in [4.78, 5) is 37.9. The third-order valence-corrected chi connectivity index (χ3v) is 10.7. The van der Waals surface area contributed by atoms with Crippen LogP contribution in [0.3, 0.4) is 0 Å². The molecule has 0 heterocycles. The van der Waals surface area contributed by atoms with Gasteiger partial charge in [0.25, 0.3) is 0 Å². The van der Waals surface area contributed by atoms with E-state index in [0.717, 1.165) is 135 Å². The van der Waals surface area contributed by atoms with E-state index in [0.29, 0.717) is 25.7 Å². The lowest BCUT2D eigenvalue weighted by molar-refractivity contribution is -0.167. The van der Waals surface area contributed by atoms with Gasteiger partial charge in [-0.05, 0) is 122 Å². The number of carbonyl (C=O) groups is 3. The van der Waals surface area contributed by atoms with Crippen LogP contribution < -0.4 is 0 Å². The Balaban J connectivity index is 4.36. The second-order valence-electron chi connectivity index (χ2n) is 17.0.